The van der Waals surface area contributed by atoms with E-state index < -0.39 is 5.97 Å². The number of allylic oxidation sites excluding steroid dienone is 2. The lowest BCUT2D eigenvalue weighted by atomic mass is 9.85. The highest BCUT2D eigenvalue weighted by molar-refractivity contribution is 7.15. The van der Waals surface area contributed by atoms with Crippen LogP contribution in [0.15, 0.2) is 12.1 Å². The maximum atomic E-state index is 13.4. The third kappa shape index (κ3) is 5.98. The highest BCUT2D eigenvalue weighted by Crippen LogP contribution is 2.41. The molecule has 2 aliphatic rings. The van der Waals surface area contributed by atoms with Crippen molar-refractivity contribution in [2.75, 3.05) is 4.90 Å². The van der Waals surface area contributed by atoms with Crippen molar-refractivity contribution >= 4 is 34.5 Å². The summed E-state index contributed by atoms with van der Waals surface area (Å²) in [4.78, 5) is 28.6. The van der Waals surface area contributed by atoms with E-state index in [9.17, 15) is 20.0 Å². The van der Waals surface area contributed by atoms with Crippen molar-refractivity contribution in [3.63, 3.8) is 0 Å². The number of hydrogen-bond acceptors (Lipinski definition) is 4. The van der Waals surface area contributed by atoms with Crippen LogP contribution in [0.5, 0.6) is 0 Å². The Bertz CT molecular complexity index is 857. The van der Waals surface area contributed by atoms with Crippen LogP contribution < -0.4 is 4.90 Å². The number of carbonyl (C=O) groups is 2. The Morgan fingerprint density at radius 3 is 2.58 bits per heavy atom. The third-order valence-corrected chi connectivity index (χ3v) is 7.65. The van der Waals surface area contributed by atoms with E-state index in [2.05, 4.69) is 26.0 Å². The molecule has 0 unspecified atom stereocenters. The summed E-state index contributed by atoms with van der Waals surface area (Å²) in [5, 5.41) is 19.2. The molecule has 6 heteroatoms. The summed E-state index contributed by atoms with van der Waals surface area (Å²) in [6.45, 7) is 4.30. The first-order chi connectivity index (χ1) is 14.9. The van der Waals surface area contributed by atoms with Gasteiger partial charge in [-0.25, -0.2) is 4.79 Å². The van der Waals surface area contributed by atoms with Crippen LogP contribution in [0.4, 0.5) is 5.69 Å². The van der Waals surface area contributed by atoms with Gasteiger partial charge in [0.1, 0.15) is 4.88 Å². The number of amides is 1. The monoisotopic (exact) mass is 442 g/mol. The highest BCUT2D eigenvalue weighted by Gasteiger charge is 2.33. The Morgan fingerprint density at radius 2 is 2.00 bits per heavy atom. The summed E-state index contributed by atoms with van der Waals surface area (Å²) in [5.41, 5.74) is 1.78. The van der Waals surface area contributed by atoms with Crippen LogP contribution in [0.1, 0.15) is 99.0 Å². The summed E-state index contributed by atoms with van der Waals surface area (Å²) >= 11 is 1.30. The molecule has 0 aliphatic heterocycles. The van der Waals surface area contributed by atoms with Crippen LogP contribution in [0, 0.1) is 23.2 Å². The molecular weight excluding hydrogens is 408 g/mol. The molecule has 1 amide bonds. The average molecular weight is 443 g/mol. The molecule has 0 atom stereocenters. The van der Waals surface area contributed by atoms with Gasteiger partial charge in [0, 0.05) is 23.3 Å². The number of nitrogens with zero attached hydrogens (tertiary/aromatic N) is 2. The lowest BCUT2D eigenvalue weighted by molar-refractivity contribution is -0.119. The van der Waals surface area contributed by atoms with E-state index in [1.807, 2.05) is 6.07 Å². The fourth-order valence-electron chi connectivity index (χ4n) is 4.71. The largest absolute Gasteiger partial charge is 0.477 e. The molecule has 1 aromatic rings. The molecule has 2 aliphatic carbocycles. The van der Waals surface area contributed by atoms with Gasteiger partial charge in [0.05, 0.1) is 11.8 Å². The first kappa shape index (κ1) is 23.5. The van der Waals surface area contributed by atoms with Gasteiger partial charge in [0.25, 0.3) is 0 Å². The van der Waals surface area contributed by atoms with Gasteiger partial charge >= 0.3 is 5.97 Å². The predicted molar refractivity (Wildman–Crippen MR) is 125 cm³/mol. The number of carbonyl (C=O) groups excluding carboxylic acids is 1. The smallest absolute Gasteiger partial charge is 0.348 e. The molecule has 1 N–H and O–H groups in total. The van der Waals surface area contributed by atoms with Crippen molar-refractivity contribution in [1.29, 1.82) is 5.26 Å². The first-order valence-electron chi connectivity index (χ1n) is 11.7. The maximum Gasteiger partial charge on any atom is 0.348 e. The fourth-order valence-corrected chi connectivity index (χ4v) is 5.77. The lowest BCUT2D eigenvalue weighted by Gasteiger charge is -2.35. The Balaban J connectivity index is 1.92. The first-order valence-corrected chi connectivity index (χ1v) is 12.5. The average Bonchev–Trinajstić information content (AvgIpc) is 3.20. The standard InChI is InChI=1S/C25H34N2O3S/c1-17(2)7-6-10-23(28)27(20-13-11-18(16-26)12-14-20)21-15-22(31-24(21)25(29)30)19-8-4-3-5-9-19/h8,15,17-18,20H,3-7,9-14H2,1-2H3,(H,29,30). The minimum absolute atomic E-state index is 0.0190. The van der Waals surface area contributed by atoms with Crippen molar-refractivity contribution < 1.29 is 14.7 Å². The molecule has 0 spiro atoms. The van der Waals surface area contributed by atoms with Gasteiger partial charge in [-0.2, -0.15) is 5.26 Å². The maximum absolute atomic E-state index is 13.4. The summed E-state index contributed by atoms with van der Waals surface area (Å²) < 4.78 is 0. The number of carboxylic acid groups (broad SMARTS) is 1. The molecule has 0 aromatic carbocycles. The highest BCUT2D eigenvalue weighted by atomic mass is 32.1. The molecule has 1 aromatic heterocycles. The van der Waals surface area contributed by atoms with E-state index in [-0.39, 0.29) is 22.7 Å². The number of aromatic carboxylic acids is 1. The van der Waals surface area contributed by atoms with Gasteiger partial charge < -0.3 is 10.0 Å². The van der Waals surface area contributed by atoms with E-state index >= 15 is 0 Å². The molecule has 0 radical (unpaired) electrons. The fraction of sp³-hybridized carbons (Fsp3) is 0.640. The zero-order chi connectivity index (χ0) is 22.4. The van der Waals surface area contributed by atoms with Crippen LogP contribution in [-0.4, -0.2) is 23.0 Å². The second-order valence-electron chi connectivity index (χ2n) is 9.29. The van der Waals surface area contributed by atoms with E-state index in [0.29, 0.717) is 18.0 Å². The van der Waals surface area contributed by atoms with Gasteiger partial charge in [-0.1, -0.05) is 26.3 Å². The predicted octanol–water partition coefficient (Wildman–Crippen LogP) is 6.65. The molecule has 5 nitrogen and oxygen atoms in total. The topological polar surface area (TPSA) is 81.4 Å². The van der Waals surface area contributed by atoms with Crippen LogP contribution in [0.3, 0.4) is 0 Å². The number of hydrogen-bond donors (Lipinski definition) is 1. The van der Waals surface area contributed by atoms with Gasteiger partial charge in [-0.05, 0) is 75.3 Å². The van der Waals surface area contributed by atoms with Gasteiger partial charge in [-0.3, -0.25) is 4.79 Å². The van der Waals surface area contributed by atoms with E-state index in [1.54, 1.807) is 4.90 Å². The SMILES string of the molecule is CC(C)CCCC(=O)N(c1cc(C2=CCCCC2)sc1C(=O)O)C1CCC(C#N)CC1. The molecule has 0 bridgehead atoms. The van der Waals surface area contributed by atoms with Gasteiger partial charge in [0.2, 0.25) is 5.91 Å². The normalized spacial score (nSPS) is 21.4. The number of carboxylic acids is 1. The van der Waals surface area contributed by atoms with Crippen LogP contribution in [-0.2, 0) is 4.79 Å². The summed E-state index contributed by atoms with van der Waals surface area (Å²) in [5.74, 6) is -0.370. The van der Waals surface area contributed by atoms with Crippen molar-refractivity contribution in [2.24, 2.45) is 11.8 Å². The molecule has 1 heterocycles. The summed E-state index contributed by atoms with van der Waals surface area (Å²) in [6.07, 6.45) is 11.8. The lowest BCUT2D eigenvalue weighted by Crippen LogP contribution is -2.43. The van der Waals surface area contributed by atoms with Gasteiger partial charge in [0.15, 0.2) is 0 Å². The molecule has 168 valence electrons. The second-order valence-corrected chi connectivity index (χ2v) is 10.3. The molecule has 3 rings (SSSR count). The van der Waals surface area contributed by atoms with Crippen LogP contribution in [0.2, 0.25) is 0 Å². The van der Waals surface area contributed by atoms with E-state index in [0.717, 1.165) is 62.7 Å². The Kier molecular flexibility index (Phi) is 8.31. The zero-order valence-electron chi connectivity index (χ0n) is 18.7. The van der Waals surface area contributed by atoms with Crippen molar-refractivity contribution in [1.82, 2.24) is 0 Å². The van der Waals surface area contributed by atoms with E-state index in [1.165, 1.54) is 23.3 Å². The van der Waals surface area contributed by atoms with Crippen molar-refractivity contribution in [2.45, 2.75) is 90.5 Å². The number of rotatable bonds is 8. The van der Waals surface area contributed by atoms with Crippen LogP contribution >= 0.6 is 11.3 Å². The minimum Gasteiger partial charge on any atom is -0.477 e. The summed E-state index contributed by atoms with van der Waals surface area (Å²) in [6, 6.07) is 4.27. The number of nitriles is 1. The third-order valence-electron chi connectivity index (χ3n) is 6.46. The molecular formula is C25H34N2O3S. The quantitative estimate of drug-likeness (QED) is 0.489. The second kappa shape index (κ2) is 10.9. The molecule has 31 heavy (non-hydrogen) atoms. The Morgan fingerprint density at radius 1 is 1.26 bits per heavy atom. The zero-order valence-corrected chi connectivity index (χ0v) is 19.5. The number of thiophene rings is 1. The van der Waals surface area contributed by atoms with Crippen LogP contribution in [0.25, 0.3) is 5.57 Å². The molecule has 1 fully saturated rings. The van der Waals surface area contributed by atoms with Crippen molar-refractivity contribution in [3.8, 4) is 6.07 Å². The number of anilines is 1. The summed E-state index contributed by atoms with van der Waals surface area (Å²) in [7, 11) is 0. The Hall–Kier alpha value is -2.13. The molecule has 0 saturated heterocycles. The Labute approximate surface area is 189 Å². The van der Waals surface area contributed by atoms with E-state index in [4.69, 9.17) is 0 Å². The minimum atomic E-state index is -0.964. The molecule has 1 saturated carbocycles. The van der Waals surface area contributed by atoms with Gasteiger partial charge in [-0.15, -0.1) is 11.3 Å². The van der Waals surface area contributed by atoms with Crippen molar-refractivity contribution in [3.05, 3.63) is 21.9 Å².